The van der Waals surface area contributed by atoms with Gasteiger partial charge in [-0.25, -0.2) is 0 Å². The lowest BCUT2D eigenvalue weighted by molar-refractivity contribution is -0.128. The number of piperazine rings is 1. The first kappa shape index (κ1) is 27.5. The standard InChI is InChI=1S/C29H31N9O3/c1-5-24(39)38-15-14-37(17-19(38)10-12-30)27-20-7-9-23(26-18(2)6-8-22-21(26)16-32-35-22)41-28(20)34-29(33-27)31-13-11-25(40)36(3)4/h1,6,8-9,16,19H,7,10-11,13-15,17H2,2-4H3,(H,32,35)(H,31,33,34)/t19-/m0/s1. The molecule has 2 aromatic heterocycles. The summed E-state index contributed by atoms with van der Waals surface area (Å²) in [5, 5.41) is 20.7. The lowest BCUT2D eigenvalue weighted by atomic mass is 9.99. The number of carbonyl (C=O) groups excluding carboxylic acids is 2. The molecule has 12 nitrogen and oxygen atoms in total. The number of nitrogens with zero attached hydrogens (tertiary/aromatic N) is 7. The summed E-state index contributed by atoms with van der Waals surface area (Å²) in [5.74, 6) is 3.78. The lowest BCUT2D eigenvalue weighted by Crippen LogP contribution is -2.55. The summed E-state index contributed by atoms with van der Waals surface area (Å²) >= 11 is 0. The van der Waals surface area contributed by atoms with Gasteiger partial charge in [0.15, 0.2) is 0 Å². The molecule has 2 amide bonds. The molecule has 1 saturated heterocycles. The molecule has 3 aromatic rings. The van der Waals surface area contributed by atoms with Gasteiger partial charge >= 0.3 is 0 Å². The van der Waals surface area contributed by atoms with Crippen LogP contribution in [-0.2, 0) is 16.0 Å². The number of hydrogen-bond donors (Lipinski definition) is 2. The van der Waals surface area contributed by atoms with E-state index in [9.17, 15) is 14.9 Å². The Bertz CT molecular complexity index is 1610. The highest BCUT2D eigenvalue weighted by Gasteiger charge is 2.33. The maximum absolute atomic E-state index is 12.3. The third-order valence-corrected chi connectivity index (χ3v) is 7.34. The van der Waals surface area contributed by atoms with Crippen LogP contribution in [0.25, 0.3) is 16.7 Å². The predicted octanol–water partition coefficient (Wildman–Crippen LogP) is 2.09. The number of nitriles is 1. The van der Waals surface area contributed by atoms with Crippen molar-refractivity contribution in [3.8, 4) is 24.3 Å². The van der Waals surface area contributed by atoms with E-state index in [4.69, 9.17) is 21.1 Å². The largest absolute Gasteiger partial charge is 0.438 e. The van der Waals surface area contributed by atoms with E-state index in [1.54, 1.807) is 25.2 Å². The number of terminal acetylenes is 1. The maximum Gasteiger partial charge on any atom is 0.298 e. The SMILES string of the molecule is C#CC(=O)N1CCN(c2nc(NCCC(=O)N(C)C)nc3c2CC=C(c2c(C)ccc4[nH]ncc24)O3)C[C@@H]1CC#N. The average Bonchev–Trinajstić information content (AvgIpc) is 3.45. The summed E-state index contributed by atoms with van der Waals surface area (Å²) in [4.78, 5) is 39.1. The van der Waals surface area contributed by atoms with Gasteiger partial charge in [0, 0.05) is 64.1 Å². The molecule has 5 rings (SSSR count). The maximum atomic E-state index is 12.3. The van der Waals surface area contributed by atoms with Crippen molar-refractivity contribution in [2.24, 2.45) is 0 Å². The number of carbonyl (C=O) groups is 2. The van der Waals surface area contributed by atoms with Crippen LogP contribution in [-0.4, -0.2) is 88.1 Å². The van der Waals surface area contributed by atoms with E-state index in [2.05, 4.69) is 27.5 Å². The van der Waals surface area contributed by atoms with Gasteiger partial charge in [-0.3, -0.25) is 14.7 Å². The Balaban J connectivity index is 1.49. The van der Waals surface area contributed by atoms with Crippen molar-refractivity contribution in [1.29, 1.82) is 5.26 Å². The Hall–Kier alpha value is -5.10. The Morgan fingerprint density at radius 2 is 2.12 bits per heavy atom. The number of nitrogens with one attached hydrogen (secondary N) is 2. The first-order valence-electron chi connectivity index (χ1n) is 13.4. The summed E-state index contributed by atoms with van der Waals surface area (Å²) in [7, 11) is 3.42. The Morgan fingerprint density at radius 1 is 1.29 bits per heavy atom. The van der Waals surface area contributed by atoms with Crippen molar-refractivity contribution < 1.29 is 14.3 Å². The van der Waals surface area contributed by atoms with Gasteiger partial charge in [-0.05, 0) is 30.6 Å². The van der Waals surface area contributed by atoms with Crippen molar-refractivity contribution in [2.75, 3.05) is 50.5 Å². The summed E-state index contributed by atoms with van der Waals surface area (Å²) in [6, 6.07) is 5.79. The minimum atomic E-state index is -0.428. The van der Waals surface area contributed by atoms with Gasteiger partial charge in [-0.1, -0.05) is 6.07 Å². The molecule has 0 spiro atoms. The van der Waals surface area contributed by atoms with Crippen LogP contribution in [0.2, 0.25) is 0 Å². The number of ether oxygens (including phenoxy) is 1. The van der Waals surface area contributed by atoms with E-state index in [1.165, 1.54) is 4.90 Å². The second-order valence-corrected chi connectivity index (χ2v) is 10.2. The van der Waals surface area contributed by atoms with Crippen molar-refractivity contribution in [3.05, 3.63) is 41.1 Å². The first-order chi connectivity index (χ1) is 19.8. The third kappa shape index (κ3) is 5.50. The fraction of sp³-hybridized carbons (Fsp3) is 0.379. The van der Waals surface area contributed by atoms with Gasteiger partial charge in [0.05, 0.1) is 35.8 Å². The highest BCUT2D eigenvalue weighted by atomic mass is 16.5. The number of allylic oxidation sites excluding steroid dienone is 1. The number of aromatic nitrogens is 4. The zero-order valence-electron chi connectivity index (χ0n) is 23.3. The zero-order chi connectivity index (χ0) is 29.1. The Labute approximate surface area is 238 Å². The van der Waals surface area contributed by atoms with E-state index in [0.29, 0.717) is 56.0 Å². The van der Waals surface area contributed by atoms with Gasteiger partial charge in [0.2, 0.25) is 17.7 Å². The van der Waals surface area contributed by atoms with Gasteiger partial charge in [-0.2, -0.15) is 20.3 Å². The molecule has 2 N–H and O–H groups in total. The molecule has 210 valence electrons. The molecule has 2 aliphatic rings. The van der Waals surface area contributed by atoms with E-state index < -0.39 is 5.91 Å². The molecule has 1 atom stereocenters. The molecule has 1 fully saturated rings. The molecule has 0 aliphatic carbocycles. The van der Waals surface area contributed by atoms with Crippen LogP contribution in [0.1, 0.15) is 29.5 Å². The number of aryl methyl sites for hydroxylation is 1. The smallest absolute Gasteiger partial charge is 0.298 e. The van der Waals surface area contributed by atoms with Crippen LogP contribution < -0.4 is 15.0 Å². The molecule has 0 bridgehead atoms. The van der Waals surface area contributed by atoms with Gasteiger partial charge in [0.25, 0.3) is 5.91 Å². The minimum Gasteiger partial charge on any atom is -0.438 e. The highest BCUT2D eigenvalue weighted by Crippen LogP contribution is 2.38. The van der Waals surface area contributed by atoms with Crippen LogP contribution >= 0.6 is 0 Å². The fourth-order valence-electron chi connectivity index (χ4n) is 5.19. The number of aromatic amines is 1. The lowest BCUT2D eigenvalue weighted by Gasteiger charge is -2.41. The molecule has 0 radical (unpaired) electrons. The number of rotatable bonds is 7. The average molecular weight is 554 g/mol. The van der Waals surface area contributed by atoms with E-state index in [-0.39, 0.29) is 24.8 Å². The number of amides is 2. The zero-order valence-corrected chi connectivity index (χ0v) is 23.3. The van der Waals surface area contributed by atoms with E-state index in [1.807, 2.05) is 30.0 Å². The van der Waals surface area contributed by atoms with Crippen LogP contribution in [0.5, 0.6) is 5.88 Å². The van der Waals surface area contributed by atoms with E-state index >= 15 is 0 Å². The van der Waals surface area contributed by atoms with Crippen LogP contribution in [0.4, 0.5) is 11.8 Å². The molecule has 2 aliphatic heterocycles. The van der Waals surface area contributed by atoms with Gasteiger partial charge in [-0.15, -0.1) is 6.42 Å². The molecule has 0 saturated carbocycles. The predicted molar refractivity (Wildman–Crippen MR) is 154 cm³/mol. The molecular weight excluding hydrogens is 522 g/mol. The number of H-pyrrole nitrogens is 1. The van der Waals surface area contributed by atoms with Crippen LogP contribution in [0.15, 0.2) is 24.4 Å². The number of hydrogen-bond acceptors (Lipinski definition) is 9. The van der Waals surface area contributed by atoms with Crippen LogP contribution in [0.3, 0.4) is 0 Å². The normalized spacial score (nSPS) is 16.2. The van der Waals surface area contributed by atoms with E-state index in [0.717, 1.165) is 27.6 Å². The molecule has 1 aromatic carbocycles. The molecule has 4 heterocycles. The van der Waals surface area contributed by atoms with Crippen molar-refractivity contribution in [3.63, 3.8) is 0 Å². The molecule has 41 heavy (non-hydrogen) atoms. The summed E-state index contributed by atoms with van der Waals surface area (Å²) < 4.78 is 6.45. The van der Waals surface area contributed by atoms with Gasteiger partial charge < -0.3 is 24.8 Å². The Morgan fingerprint density at radius 3 is 2.88 bits per heavy atom. The fourth-order valence-corrected chi connectivity index (χ4v) is 5.19. The number of anilines is 2. The Kier molecular flexibility index (Phi) is 7.74. The summed E-state index contributed by atoms with van der Waals surface area (Å²) in [6.45, 7) is 3.58. The second kappa shape index (κ2) is 11.6. The van der Waals surface area contributed by atoms with Crippen molar-refractivity contribution >= 4 is 40.2 Å². The van der Waals surface area contributed by atoms with Crippen molar-refractivity contribution in [2.45, 2.75) is 32.2 Å². The quantitative estimate of drug-likeness (QED) is 0.420. The number of benzene rings is 1. The highest BCUT2D eigenvalue weighted by molar-refractivity contribution is 5.93. The summed E-state index contributed by atoms with van der Waals surface area (Å²) in [6.07, 6.45) is 10.1. The van der Waals surface area contributed by atoms with Gasteiger partial charge in [0.1, 0.15) is 11.6 Å². The second-order valence-electron chi connectivity index (χ2n) is 10.2. The first-order valence-corrected chi connectivity index (χ1v) is 13.4. The monoisotopic (exact) mass is 553 g/mol. The molecule has 0 unspecified atom stereocenters. The number of fused-ring (bicyclic) bond motifs is 2. The summed E-state index contributed by atoms with van der Waals surface area (Å²) in [5.41, 5.74) is 3.67. The third-order valence-electron chi connectivity index (χ3n) is 7.34. The molecule has 12 heteroatoms. The topological polar surface area (TPSA) is 143 Å². The van der Waals surface area contributed by atoms with Crippen LogP contribution in [0, 0.1) is 30.6 Å². The van der Waals surface area contributed by atoms with Crippen molar-refractivity contribution in [1.82, 2.24) is 30.0 Å². The minimum absolute atomic E-state index is 0.0190. The molecular formula is C29H31N9O3.